The molecule has 38 heavy (non-hydrogen) atoms. The zero-order chi connectivity index (χ0) is 25.8. The zero-order valence-corrected chi connectivity index (χ0v) is 20.8. The number of ketones is 1. The van der Waals surface area contributed by atoms with Crippen LogP contribution >= 0.6 is 0 Å². The first kappa shape index (κ1) is 22.6. The third-order valence-electron chi connectivity index (χ3n) is 7.95. The summed E-state index contributed by atoms with van der Waals surface area (Å²) in [4.78, 5) is 27.7. The quantitative estimate of drug-likeness (QED) is 0.276. The molecule has 2 heterocycles. The van der Waals surface area contributed by atoms with E-state index in [1.54, 1.807) is 0 Å². The van der Waals surface area contributed by atoms with Gasteiger partial charge in [0, 0.05) is 28.8 Å². The maximum Gasteiger partial charge on any atom is 0.317 e. The van der Waals surface area contributed by atoms with Gasteiger partial charge in [0.05, 0.1) is 7.11 Å². The van der Waals surface area contributed by atoms with Gasteiger partial charge in [-0.25, -0.2) is 0 Å². The minimum atomic E-state index is -0.969. The monoisotopic (exact) mass is 503 g/mol. The van der Waals surface area contributed by atoms with Gasteiger partial charge in [0.15, 0.2) is 17.3 Å². The summed E-state index contributed by atoms with van der Waals surface area (Å²) in [5, 5.41) is 5.78. The summed E-state index contributed by atoms with van der Waals surface area (Å²) >= 11 is 0. The summed E-state index contributed by atoms with van der Waals surface area (Å²) in [5.74, 6) is -1.15. The van der Waals surface area contributed by atoms with E-state index in [4.69, 9.17) is 14.2 Å². The number of hydrogen-bond acceptors (Lipinski definition) is 6. The molecule has 4 aromatic rings. The molecule has 7 rings (SSSR count). The van der Waals surface area contributed by atoms with Crippen LogP contribution in [0.4, 0.5) is 5.69 Å². The third kappa shape index (κ3) is 3.40. The lowest BCUT2D eigenvalue weighted by atomic mass is 9.66. The molecule has 2 aliphatic heterocycles. The van der Waals surface area contributed by atoms with Crippen LogP contribution in [0, 0.1) is 5.92 Å². The van der Waals surface area contributed by atoms with Gasteiger partial charge in [-0.15, -0.1) is 0 Å². The lowest BCUT2D eigenvalue weighted by Crippen LogP contribution is -2.40. The molecular weight excluding hydrogens is 478 g/mol. The number of benzene rings is 4. The number of anilines is 1. The Kier molecular flexibility index (Phi) is 5.22. The van der Waals surface area contributed by atoms with E-state index >= 15 is 0 Å². The standard InChI is InChI=1S/C32H25NO5/c1-36-32(35)29-22(20-12-14-25-26(15-20)38-17-37-25)16-24-30(31(29)34)27(19-8-3-2-4-9-19)28-21-10-6-5-7-18(21)11-13-23(28)33-24/h2-15,22,27,29,33H,16-17H2,1H3/t22-,27-,29+/m1/s1. The number of fused-ring (bicyclic) bond motifs is 4. The minimum Gasteiger partial charge on any atom is -0.468 e. The summed E-state index contributed by atoms with van der Waals surface area (Å²) < 4.78 is 16.3. The van der Waals surface area contributed by atoms with Crippen LogP contribution in [0.15, 0.2) is 96.2 Å². The molecule has 0 fully saturated rings. The molecule has 3 atom stereocenters. The van der Waals surface area contributed by atoms with Crippen molar-refractivity contribution in [3.05, 3.63) is 113 Å². The second-order valence-corrected chi connectivity index (χ2v) is 9.90. The van der Waals surface area contributed by atoms with E-state index < -0.39 is 17.8 Å². The summed E-state index contributed by atoms with van der Waals surface area (Å²) in [6.45, 7) is 0.156. The molecular formula is C32H25NO5. The van der Waals surface area contributed by atoms with Crippen molar-refractivity contribution in [2.24, 2.45) is 5.92 Å². The molecule has 4 aromatic carbocycles. The van der Waals surface area contributed by atoms with Crippen molar-refractivity contribution in [1.29, 1.82) is 0 Å². The average molecular weight is 504 g/mol. The van der Waals surface area contributed by atoms with E-state index in [0.29, 0.717) is 23.5 Å². The van der Waals surface area contributed by atoms with Crippen molar-refractivity contribution in [3.63, 3.8) is 0 Å². The molecule has 1 N–H and O–H groups in total. The molecule has 0 unspecified atom stereocenters. The Morgan fingerprint density at radius 2 is 1.68 bits per heavy atom. The molecule has 188 valence electrons. The lowest BCUT2D eigenvalue weighted by Gasteiger charge is -2.40. The van der Waals surface area contributed by atoms with Crippen LogP contribution < -0.4 is 14.8 Å². The van der Waals surface area contributed by atoms with Gasteiger partial charge < -0.3 is 19.5 Å². The van der Waals surface area contributed by atoms with E-state index in [1.807, 2.05) is 48.5 Å². The van der Waals surface area contributed by atoms with Gasteiger partial charge in [-0.2, -0.15) is 0 Å². The average Bonchev–Trinajstić information content (AvgIpc) is 3.44. The summed E-state index contributed by atoms with van der Waals surface area (Å²) in [6, 6.07) is 28.1. The number of carbonyl (C=O) groups is 2. The van der Waals surface area contributed by atoms with Crippen molar-refractivity contribution in [1.82, 2.24) is 0 Å². The highest BCUT2D eigenvalue weighted by atomic mass is 16.7. The molecule has 0 radical (unpaired) electrons. The molecule has 0 amide bonds. The van der Waals surface area contributed by atoms with Gasteiger partial charge >= 0.3 is 5.97 Å². The van der Waals surface area contributed by atoms with Crippen molar-refractivity contribution >= 4 is 28.2 Å². The number of methoxy groups -OCH3 is 1. The van der Waals surface area contributed by atoms with Crippen molar-refractivity contribution in [2.45, 2.75) is 18.3 Å². The lowest BCUT2D eigenvalue weighted by molar-refractivity contribution is -0.149. The smallest absolute Gasteiger partial charge is 0.317 e. The van der Waals surface area contributed by atoms with Gasteiger partial charge in [-0.05, 0) is 52.1 Å². The summed E-state index contributed by atoms with van der Waals surface area (Å²) in [5.41, 5.74) is 5.35. The van der Waals surface area contributed by atoms with Crippen LogP contribution in [-0.4, -0.2) is 25.7 Å². The molecule has 1 aliphatic carbocycles. The van der Waals surface area contributed by atoms with Crippen molar-refractivity contribution in [3.8, 4) is 11.5 Å². The molecule has 6 nitrogen and oxygen atoms in total. The molecule has 6 heteroatoms. The first-order chi connectivity index (χ1) is 18.6. The van der Waals surface area contributed by atoms with Gasteiger partial charge in [-0.1, -0.05) is 66.7 Å². The predicted octanol–water partition coefficient (Wildman–Crippen LogP) is 5.93. The number of carbonyl (C=O) groups excluding carboxylic acids is 2. The van der Waals surface area contributed by atoms with Crippen LogP contribution in [0.5, 0.6) is 11.5 Å². The number of nitrogens with one attached hydrogen (secondary N) is 1. The molecule has 0 saturated carbocycles. The van der Waals surface area contributed by atoms with Crippen molar-refractivity contribution in [2.75, 3.05) is 19.2 Å². The molecule has 0 saturated heterocycles. The fraction of sp³-hybridized carbons (Fsp3) is 0.188. The number of Topliss-reactive ketones (excluding diaryl/α,β-unsaturated/α-hetero) is 1. The minimum absolute atomic E-state index is 0.156. The zero-order valence-electron chi connectivity index (χ0n) is 20.8. The molecule has 0 bridgehead atoms. The van der Waals surface area contributed by atoms with E-state index in [9.17, 15) is 9.59 Å². The number of allylic oxidation sites excluding steroid dienone is 2. The Morgan fingerprint density at radius 1 is 0.895 bits per heavy atom. The Labute approximate surface area is 219 Å². The van der Waals surface area contributed by atoms with Gasteiger partial charge in [0.1, 0.15) is 5.92 Å². The number of rotatable bonds is 3. The van der Waals surface area contributed by atoms with Crippen LogP contribution in [0.25, 0.3) is 10.8 Å². The Hall–Kier alpha value is -4.58. The fourth-order valence-corrected chi connectivity index (χ4v) is 6.24. The Bertz CT molecular complexity index is 1640. The fourth-order valence-electron chi connectivity index (χ4n) is 6.24. The predicted molar refractivity (Wildman–Crippen MR) is 143 cm³/mol. The number of esters is 1. The highest BCUT2D eigenvalue weighted by Crippen LogP contribution is 2.52. The van der Waals surface area contributed by atoms with Gasteiger partial charge in [0.2, 0.25) is 6.79 Å². The first-order valence-electron chi connectivity index (χ1n) is 12.7. The second-order valence-electron chi connectivity index (χ2n) is 9.90. The summed E-state index contributed by atoms with van der Waals surface area (Å²) in [7, 11) is 1.34. The van der Waals surface area contributed by atoms with Crippen LogP contribution in [-0.2, 0) is 14.3 Å². The maximum absolute atomic E-state index is 14.5. The normalized spacial score (nSPS) is 21.5. The van der Waals surface area contributed by atoms with Crippen LogP contribution in [0.2, 0.25) is 0 Å². The Morgan fingerprint density at radius 3 is 2.53 bits per heavy atom. The number of hydrogen-bond donors (Lipinski definition) is 1. The topological polar surface area (TPSA) is 73.9 Å². The molecule has 3 aliphatic rings. The molecule has 0 spiro atoms. The van der Waals surface area contributed by atoms with Crippen LogP contribution in [0.3, 0.4) is 0 Å². The number of ether oxygens (including phenoxy) is 3. The molecule has 0 aromatic heterocycles. The van der Waals surface area contributed by atoms with Gasteiger partial charge in [0.25, 0.3) is 0 Å². The highest BCUT2D eigenvalue weighted by Gasteiger charge is 2.48. The highest BCUT2D eigenvalue weighted by molar-refractivity contribution is 6.13. The summed E-state index contributed by atoms with van der Waals surface area (Å²) in [6.07, 6.45) is 0.482. The second kappa shape index (κ2) is 8.77. The van der Waals surface area contributed by atoms with Crippen LogP contribution in [0.1, 0.15) is 34.9 Å². The SMILES string of the molecule is COC(=O)[C@@H]1C(=O)C2=C(C[C@@H]1c1ccc3c(c1)OCO3)Nc1ccc3ccccc3c1[C@H]2c1ccccc1. The van der Waals surface area contributed by atoms with E-state index in [2.05, 4.69) is 41.7 Å². The van der Waals surface area contributed by atoms with E-state index in [1.165, 1.54) is 7.11 Å². The van der Waals surface area contributed by atoms with E-state index in [0.717, 1.165) is 38.8 Å². The van der Waals surface area contributed by atoms with Crippen molar-refractivity contribution < 1.29 is 23.8 Å². The van der Waals surface area contributed by atoms with E-state index in [-0.39, 0.29) is 18.5 Å². The first-order valence-corrected chi connectivity index (χ1v) is 12.7. The largest absolute Gasteiger partial charge is 0.468 e. The third-order valence-corrected chi connectivity index (χ3v) is 7.95. The maximum atomic E-state index is 14.5. The van der Waals surface area contributed by atoms with Gasteiger partial charge in [-0.3, -0.25) is 9.59 Å². The Balaban J connectivity index is 1.43.